The molecule has 0 atom stereocenters. The Morgan fingerprint density at radius 3 is 2.74 bits per heavy atom. The SMILES string of the molecule is N#Cc1ccc2c(c1)[nH]c1cc3ccncc3cc12. The van der Waals surface area contributed by atoms with Crippen LogP contribution in [-0.2, 0) is 0 Å². The lowest BCUT2D eigenvalue weighted by molar-refractivity contribution is 1.37. The zero-order chi connectivity index (χ0) is 12.8. The summed E-state index contributed by atoms with van der Waals surface area (Å²) in [6.45, 7) is 0. The van der Waals surface area contributed by atoms with Crippen LogP contribution in [0, 0.1) is 11.3 Å². The maximum absolute atomic E-state index is 8.95. The van der Waals surface area contributed by atoms with E-state index in [9.17, 15) is 0 Å². The number of aromatic amines is 1. The van der Waals surface area contributed by atoms with Gasteiger partial charge in [0.05, 0.1) is 11.6 Å². The standard InChI is InChI=1S/C16H9N3/c17-8-10-1-2-13-14-6-12-9-18-4-3-11(12)7-16(14)19-15(13)5-10/h1-7,9,19H. The molecule has 88 valence electrons. The normalized spacial score (nSPS) is 11.1. The van der Waals surface area contributed by atoms with E-state index < -0.39 is 0 Å². The van der Waals surface area contributed by atoms with Gasteiger partial charge in [-0.15, -0.1) is 0 Å². The molecule has 19 heavy (non-hydrogen) atoms. The maximum Gasteiger partial charge on any atom is 0.0992 e. The molecule has 2 heterocycles. The Morgan fingerprint density at radius 1 is 0.947 bits per heavy atom. The largest absolute Gasteiger partial charge is 0.354 e. The van der Waals surface area contributed by atoms with Gasteiger partial charge in [0.2, 0.25) is 0 Å². The van der Waals surface area contributed by atoms with E-state index in [1.165, 1.54) is 5.39 Å². The van der Waals surface area contributed by atoms with Gasteiger partial charge in [-0.3, -0.25) is 4.98 Å². The number of aromatic nitrogens is 2. The Hall–Kier alpha value is -2.86. The summed E-state index contributed by atoms with van der Waals surface area (Å²) in [5.74, 6) is 0. The molecule has 0 aliphatic carbocycles. The van der Waals surface area contributed by atoms with Gasteiger partial charge in [-0.2, -0.15) is 5.26 Å². The number of H-pyrrole nitrogens is 1. The van der Waals surface area contributed by atoms with Gasteiger partial charge in [0, 0.05) is 39.6 Å². The number of hydrogen-bond acceptors (Lipinski definition) is 2. The summed E-state index contributed by atoms with van der Waals surface area (Å²) in [6, 6.07) is 14.2. The van der Waals surface area contributed by atoms with Crippen LogP contribution in [0.1, 0.15) is 5.56 Å². The first-order valence-electron chi connectivity index (χ1n) is 6.04. The highest BCUT2D eigenvalue weighted by Crippen LogP contribution is 2.29. The molecular weight excluding hydrogens is 234 g/mol. The van der Waals surface area contributed by atoms with Crippen molar-refractivity contribution in [2.45, 2.75) is 0 Å². The fraction of sp³-hybridized carbons (Fsp3) is 0. The van der Waals surface area contributed by atoms with Crippen LogP contribution in [0.3, 0.4) is 0 Å². The molecule has 0 aliphatic heterocycles. The molecule has 0 aliphatic rings. The average molecular weight is 243 g/mol. The molecule has 3 nitrogen and oxygen atoms in total. The minimum atomic E-state index is 0.672. The molecule has 0 spiro atoms. The van der Waals surface area contributed by atoms with E-state index in [2.05, 4.69) is 28.2 Å². The van der Waals surface area contributed by atoms with Gasteiger partial charge < -0.3 is 4.98 Å². The molecule has 3 heteroatoms. The minimum absolute atomic E-state index is 0.672. The van der Waals surface area contributed by atoms with Crippen molar-refractivity contribution in [2.24, 2.45) is 0 Å². The van der Waals surface area contributed by atoms with E-state index >= 15 is 0 Å². The number of nitriles is 1. The van der Waals surface area contributed by atoms with Gasteiger partial charge in [0.25, 0.3) is 0 Å². The van der Waals surface area contributed by atoms with Gasteiger partial charge in [-0.05, 0) is 35.7 Å². The van der Waals surface area contributed by atoms with Crippen molar-refractivity contribution in [3.63, 3.8) is 0 Å². The van der Waals surface area contributed by atoms with Gasteiger partial charge in [-0.1, -0.05) is 6.07 Å². The molecule has 0 saturated heterocycles. The number of pyridine rings is 1. The fourth-order valence-electron chi connectivity index (χ4n) is 2.56. The predicted molar refractivity (Wildman–Crippen MR) is 75.8 cm³/mol. The quantitative estimate of drug-likeness (QED) is 0.511. The lowest BCUT2D eigenvalue weighted by Crippen LogP contribution is -1.75. The lowest BCUT2D eigenvalue weighted by Gasteiger charge is -1.97. The van der Waals surface area contributed by atoms with E-state index in [-0.39, 0.29) is 0 Å². The highest BCUT2D eigenvalue weighted by atomic mass is 14.7. The molecule has 0 bridgehead atoms. The van der Waals surface area contributed by atoms with Gasteiger partial charge in [0.1, 0.15) is 0 Å². The Bertz CT molecular complexity index is 974. The maximum atomic E-state index is 8.95. The third-order valence-electron chi connectivity index (χ3n) is 3.49. The molecule has 2 aromatic carbocycles. The van der Waals surface area contributed by atoms with Crippen LogP contribution in [0.5, 0.6) is 0 Å². The van der Waals surface area contributed by atoms with Crippen molar-refractivity contribution in [1.29, 1.82) is 5.26 Å². The van der Waals surface area contributed by atoms with Crippen molar-refractivity contribution in [1.82, 2.24) is 9.97 Å². The molecule has 4 rings (SSSR count). The van der Waals surface area contributed by atoms with Crippen molar-refractivity contribution >= 4 is 32.6 Å². The number of rotatable bonds is 0. The first-order chi connectivity index (χ1) is 9.35. The Morgan fingerprint density at radius 2 is 1.84 bits per heavy atom. The molecular formula is C16H9N3. The van der Waals surface area contributed by atoms with Crippen LogP contribution in [0.2, 0.25) is 0 Å². The third kappa shape index (κ3) is 1.40. The van der Waals surface area contributed by atoms with Crippen LogP contribution in [-0.4, -0.2) is 9.97 Å². The summed E-state index contributed by atoms with van der Waals surface area (Å²) in [7, 11) is 0. The summed E-state index contributed by atoms with van der Waals surface area (Å²) in [5, 5.41) is 13.5. The highest BCUT2D eigenvalue weighted by molar-refractivity contribution is 6.11. The van der Waals surface area contributed by atoms with Crippen LogP contribution in [0.25, 0.3) is 32.6 Å². The smallest absolute Gasteiger partial charge is 0.0992 e. The zero-order valence-electron chi connectivity index (χ0n) is 10.0. The lowest BCUT2D eigenvalue weighted by atomic mass is 10.1. The minimum Gasteiger partial charge on any atom is -0.354 e. The second-order valence-corrected chi connectivity index (χ2v) is 4.62. The van der Waals surface area contributed by atoms with Crippen LogP contribution in [0.4, 0.5) is 0 Å². The zero-order valence-corrected chi connectivity index (χ0v) is 10.0. The third-order valence-corrected chi connectivity index (χ3v) is 3.49. The second-order valence-electron chi connectivity index (χ2n) is 4.62. The monoisotopic (exact) mass is 243 g/mol. The van der Waals surface area contributed by atoms with E-state index in [4.69, 9.17) is 5.26 Å². The molecule has 1 N–H and O–H groups in total. The molecule has 0 unspecified atom stereocenters. The van der Waals surface area contributed by atoms with Crippen LogP contribution in [0.15, 0.2) is 48.8 Å². The number of hydrogen-bond donors (Lipinski definition) is 1. The van der Waals surface area contributed by atoms with E-state index in [1.807, 2.05) is 30.5 Å². The Balaban J connectivity index is 2.19. The molecule has 0 saturated carbocycles. The predicted octanol–water partition coefficient (Wildman–Crippen LogP) is 3.74. The Labute approximate surface area is 109 Å². The average Bonchev–Trinajstić information content (AvgIpc) is 2.81. The van der Waals surface area contributed by atoms with E-state index in [0.29, 0.717) is 5.56 Å². The molecule has 0 radical (unpaired) electrons. The molecule has 2 aromatic heterocycles. The summed E-state index contributed by atoms with van der Waals surface area (Å²) < 4.78 is 0. The molecule has 4 aromatic rings. The summed E-state index contributed by atoms with van der Waals surface area (Å²) in [5.41, 5.74) is 2.76. The fourth-order valence-corrected chi connectivity index (χ4v) is 2.56. The van der Waals surface area contributed by atoms with Gasteiger partial charge >= 0.3 is 0 Å². The number of fused-ring (bicyclic) bond motifs is 4. The summed E-state index contributed by atoms with van der Waals surface area (Å²) in [6.07, 6.45) is 3.67. The second kappa shape index (κ2) is 3.56. The van der Waals surface area contributed by atoms with Gasteiger partial charge in [0.15, 0.2) is 0 Å². The summed E-state index contributed by atoms with van der Waals surface area (Å²) >= 11 is 0. The summed E-state index contributed by atoms with van der Waals surface area (Å²) in [4.78, 5) is 7.53. The molecule has 0 amide bonds. The first-order valence-corrected chi connectivity index (χ1v) is 6.04. The number of nitrogens with one attached hydrogen (secondary N) is 1. The van der Waals surface area contributed by atoms with Crippen LogP contribution >= 0.6 is 0 Å². The Kier molecular flexibility index (Phi) is 1.89. The van der Waals surface area contributed by atoms with Crippen LogP contribution < -0.4 is 0 Å². The van der Waals surface area contributed by atoms with E-state index in [1.54, 1.807) is 6.20 Å². The molecule has 0 fully saturated rings. The van der Waals surface area contributed by atoms with Crippen molar-refractivity contribution in [2.75, 3.05) is 0 Å². The van der Waals surface area contributed by atoms with Crippen molar-refractivity contribution < 1.29 is 0 Å². The number of nitrogens with zero attached hydrogens (tertiary/aromatic N) is 2. The first kappa shape index (κ1) is 10.1. The topological polar surface area (TPSA) is 52.5 Å². The van der Waals surface area contributed by atoms with E-state index in [0.717, 1.165) is 27.2 Å². The van der Waals surface area contributed by atoms with Crippen molar-refractivity contribution in [3.05, 3.63) is 54.4 Å². The van der Waals surface area contributed by atoms with Gasteiger partial charge in [-0.25, -0.2) is 0 Å². The number of benzene rings is 2. The van der Waals surface area contributed by atoms with Crippen molar-refractivity contribution in [3.8, 4) is 6.07 Å². The highest BCUT2D eigenvalue weighted by Gasteiger charge is 2.06.